The molecule has 1 N–H and O–H groups in total. The minimum Gasteiger partial charge on any atom is -0.486 e. The van der Waals surface area contributed by atoms with E-state index in [1.807, 2.05) is 30.3 Å². The van der Waals surface area contributed by atoms with Crippen molar-refractivity contribution in [2.24, 2.45) is 0 Å². The van der Waals surface area contributed by atoms with Crippen LogP contribution in [0.4, 0.5) is 5.69 Å². The third kappa shape index (κ3) is 2.46. The number of halogens is 1. The summed E-state index contributed by atoms with van der Waals surface area (Å²) in [7, 11) is 0. The van der Waals surface area contributed by atoms with Crippen LogP contribution in [-0.4, -0.2) is 13.2 Å². The summed E-state index contributed by atoms with van der Waals surface area (Å²) in [6, 6.07) is 9.61. The van der Waals surface area contributed by atoms with Gasteiger partial charge in [0.15, 0.2) is 16.2 Å². The van der Waals surface area contributed by atoms with Crippen molar-refractivity contribution >= 4 is 21.6 Å². The highest BCUT2D eigenvalue weighted by Gasteiger charge is 2.11. The summed E-state index contributed by atoms with van der Waals surface area (Å²) in [5.74, 6) is 2.45. The van der Waals surface area contributed by atoms with Crippen LogP contribution in [-0.2, 0) is 6.54 Å². The lowest BCUT2D eigenvalue weighted by Crippen LogP contribution is -2.15. The number of fused-ring (bicyclic) bond motifs is 1. The van der Waals surface area contributed by atoms with Crippen molar-refractivity contribution in [2.75, 3.05) is 18.5 Å². The molecular weight excluding hydrogens is 298 g/mol. The molecule has 2 aromatic rings. The molecule has 0 saturated heterocycles. The second-order valence-corrected chi connectivity index (χ2v) is 4.70. The molecule has 4 nitrogen and oxygen atoms in total. The molecule has 0 spiro atoms. The van der Waals surface area contributed by atoms with Crippen LogP contribution in [0.15, 0.2) is 39.4 Å². The third-order valence-corrected chi connectivity index (χ3v) is 3.06. The fraction of sp³-hybridized carbons (Fsp3) is 0.231. The second-order valence-electron chi connectivity index (χ2n) is 3.92. The van der Waals surface area contributed by atoms with Gasteiger partial charge in [-0.3, -0.25) is 0 Å². The van der Waals surface area contributed by atoms with Gasteiger partial charge in [-0.1, -0.05) is 0 Å². The van der Waals surface area contributed by atoms with E-state index < -0.39 is 0 Å². The number of nitrogens with one attached hydrogen (secondary N) is 1. The molecule has 5 heteroatoms. The Kier molecular flexibility index (Phi) is 3.15. The van der Waals surface area contributed by atoms with Gasteiger partial charge in [0.2, 0.25) is 0 Å². The van der Waals surface area contributed by atoms with E-state index >= 15 is 0 Å². The van der Waals surface area contributed by atoms with Gasteiger partial charge in [-0.15, -0.1) is 0 Å². The highest BCUT2D eigenvalue weighted by molar-refractivity contribution is 9.10. The average Bonchev–Trinajstić information content (AvgIpc) is 2.82. The Morgan fingerprint density at radius 3 is 2.67 bits per heavy atom. The fourth-order valence-corrected chi connectivity index (χ4v) is 2.13. The lowest BCUT2D eigenvalue weighted by molar-refractivity contribution is 0.171. The number of rotatable bonds is 3. The topological polar surface area (TPSA) is 43.6 Å². The predicted octanol–water partition coefficient (Wildman–Crippen LogP) is 3.43. The van der Waals surface area contributed by atoms with Crippen molar-refractivity contribution in [3.8, 4) is 11.5 Å². The summed E-state index contributed by atoms with van der Waals surface area (Å²) < 4.78 is 17.1. The van der Waals surface area contributed by atoms with E-state index in [4.69, 9.17) is 13.9 Å². The summed E-state index contributed by atoms with van der Waals surface area (Å²) in [5, 5.41) is 3.27. The molecule has 3 rings (SSSR count). The largest absolute Gasteiger partial charge is 0.486 e. The van der Waals surface area contributed by atoms with Gasteiger partial charge in [0, 0.05) is 11.8 Å². The molecule has 0 bridgehead atoms. The first kappa shape index (κ1) is 11.5. The van der Waals surface area contributed by atoms with Gasteiger partial charge in [0.05, 0.1) is 6.54 Å². The molecule has 0 amide bonds. The smallest absolute Gasteiger partial charge is 0.169 e. The molecule has 0 aliphatic carbocycles. The average molecular weight is 310 g/mol. The first-order valence-electron chi connectivity index (χ1n) is 5.69. The molecule has 0 saturated carbocycles. The van der Waals surface area contributed by atoms with Gasteiger partial charge in [-0.25, -0.2) is 0 Å². The van der Waals surface area contributed by atoms with Crippen LogP contribution in [0.25, 0.3) is 0 Å². The van der Waals surface area contributed by atoms with E-state index in [1.165, 1.54) is 0 Å². The lowest BCUT2D eigenvalue weighted by Gasteiger charge is -2.19. The summed E-state index contributed by atoms with van der Waals surface area (Å²) >= 11 is 3.28. The van der Waals surface area contributed by atoms with E-state index in [2.05, 4.69) is 21.2 Å². The van der Waals surface area contributed by atoms with Crippen LogP contribution in [0.5, 0.6) is 11.5 Å². The molecule has 18 heavy (non-hydrogen) atoms. The van der Waals surface area contributed by atoms with E-state index in [1.54, 1.807) is 0 Å². The Labute approximate surface area is 113 Å². The number of anilines is 1. The van der Waals surface area contributed by atoms with Crippen LogP contribution < -0.4 is 14.8 Å². The van der Waals surface area contributed by atoms with Crippen molar-refractivity contribution in [3.63, 3.8) is 0 Å². The summed E-state index contributed by atoms with van der Waals surface area (Å²) in [5.41, 5.74) is 0.978. The Hall–Kier alpha value is -1.62. The number of ether oxygens (including phenoxy) is 2. The van der Waals surface area contributed by atoms with E-state index in [0.29, 0.717) is 19.8 Å². The van der Waals surface area contributed by atoms with Gasteiger partial charge >= 0.3 is 0 Å². The van der Waals surface area contributed by atoms with Crippen LogP contribution in [0.3, 0.4) is 0 Å². The van der Waals surface area contributed by atoms with Crippen molar-refractivity contribution in [1.82, 2.24) is 0 Å². The Morgan fingerprint density at radius 1 is 1.06 bits per heavy atom. The van der Waals surface area contributed by atoms with Crippen molar-refractivity contribution in [1.29, 1.82) is 0 Å². The zero-order valence-electron chi connectivity index (χ0n) is 9.61. The minimum absolute atomic E-state index is 0.599. The molecule has 0 unspecified atom stereocenters. The number of furan rings is 1. The SMILES string of the molecule is Brc1ccc(CNc2ccc3c(c2)OCCO3)o1. The molecular formula is C13H12BrNO3. The van der Waals surface area contributed by atoms with Crippen LogP contribution >= 0.6 is 15.9 Å². The predicted molar refractivity (Wildman–Crippen MR) is 71.2 cm³/mol. The van der Waals surface area contributed by atoms with Gasteiger partial charge in [0.1, 0.15) is 19.0 Å². The fourth-order valence-electron chi connectivity index (χ4n) is 1.79. The first-order valence-corrected chi connectivity index (χ1v) is 6.48. The van der Waals surface area contributed by atoms with Crippen LogP contribution in [0.2, 0.25) is 0 Å². The highest BCUT2D eigenvalue weighted by atomic mass is 79.9. The first-order chi connectivity index (χ1) is 8.81. The lowest BCUT2D eigenvalue weighted by atomic mass is 10.2. The highest BCUT2D eigenvalue weighted by Crippen LogP contribution is 2.32. The maximum Gasteiger partial charge on any atom is 0.169 e. The van der Waals surface area contributed by atoms with E-state index in [0.717, 1.165) is 27.6 Å². The number of benzene rings is 1. The molecule has 94 valence electrons. The van der Waals surface area contributed by atoms with Gasteiger partial charge in [-0.2, -0.15) is 0 Å². The molecule has 0 radical (unpaired) electrons. The Bertz CT molecular complexity index is 553. The Balaban J connectivity index is 1.69. The maximum absolute atomic E-state index is 5.52. The molecule has 0 atom stereocenters. The second kappa shape index (κ2) is 4.94. The number of hydrogen-bond donors (Lipinski definition) is 1. The zero-order valence-corrected chi connectivity index (χ0v) is 11.2. The monoisotopic (exact) mass is 309 g/mol. The zero-order chi connectivity index (χ0) is 12.4. The Morgan fingerprint density at radius 2 is 1.89 bits per heavy atom. The molecule has 1 aromatic heterocycles. The van der Waals surface area contributed by atoms with Gasteiger partial charge in [-0.05, 0) is 40.2 Å². The summed E-state index contributed by atoms with van der Waals surface area (Å²) in [6.07, 6.45) is 0. The molecule has 1 aromatic carbocycles. The minimum atomic E-state index is 0.599. The van der Waals surface area contributed by atoms with Crippen LogP contribution in [0.1, 0.15) is 5.76 Å². The van der Waals surface area contributed by atoms with Gasteiger partial charge in [0.25, 0.3) is 0 Å². The quantitative estimate of drug-likeness (QED) is 0.943. The van der Waals surface area contributed by atoms with E-state index in [9.17, 15) is 0 Å². The van der Waals surface area contributed by atoms with Crippen molar-refractivity contribution in [3.05, 3.63) is 40.8 Å². The van der Waals surface area contributed by atoms with Crippen molar-refractivity contribution < 1.29 is 13.9 Å². The van der Waals surface area contributed by atoms with Crippen molar-refractivity contribution in [2.45, 2.75) is 6.54 Å². The standard InChI is InChI=1S/C13H12BrNO3/c14-13-4-2-10(18-13)8-15-9-1-3-11-12(7-9)17-6-5-16-11/h1-4,7,15H,5-6,8H2. The number of hydrogen-bond acceptors (Lipinski definition) is 4. The molecule has 2 heterocycles. The molecule has 1 aliphatic rings. The van der Waals surface area contributed by atoms with E-state index in [-0.39, 0.29) is 0 Å². The summed E-state index contributed by atoms with van der Waals surface area (Å²) in [6.45, 7) is 1.84. The van der Waals surface area contributed by atoms with Crippen LogP contribution in [0, 0.1) is 0 Å². The molecule has 0 fully saturated rings. The third-order valence-electron chi connectivity index (χ3n) is 2.64. The van der Waals surface area contributed by atoms with Gasteiger partial charge < -0.3 is 19.2 Å². The summed E-state index contributed by atoms with van der Waals surface area (Å²) in [4.78, 5) is 0. The normalized spacial score (nSPS) is 13.4. The maximum atomic E-state index is 5.52. The molecule has 1 aliphatic heterocycles.